The van der Waals surface area contributed by atoms with E-state index in [0.29, 0.717) is 53.5 Å². The number of hydrogen-bond acceptors (Lipinski definition) is 7. The number of hydrogen-bond donors (Lipinski definition) is 2. The standard InChI is InChI=1S/C50H77N3O6S/c1-44(2)36(42(54)55)32-37(44)43(56)59-40-18-19-47(6)38(45(40,3)4)17-20-49(8)39(47)15-14-35-41-34(46(5)22-23-46)16-21-50(41,25-24-48(35,49)7)51-26-27-52-28-30-53(31-29-52)60(57,58)33-12-10-9-11-13-33/h9-13,34-41,51H,14-32H2,1-8H3,(H,54,55)/t34-,35-,36+,37-,38+,39-,40+,41-,47+,48-,49-,50+/m1/s1. The van der Waals surface area contributed by atoms with Gasteiger partial charge in [0.15, 0.2) is 0 Å². The van der Waals surface area contributed by atoms with E-state index in [1.807, 2.05) is 19.9 Å². The molecule has 1 heterocycles. The van der Waals surface area contributed by atoms with Crippen LogP contribution in [-0.2, 0) is 24.3 Å². The van der Waals surface area contributed by atoms with E-state index in [9.17, 15) is 23.1 Å². The molecule has 0 radical (unpaired) electrons. The lowest BCUT2D eigenvalue weighted by molar-refractivity contribution is -0.249. The average Bonchev–Trinajstić information content (AvgIpc) is 3.82. The summed E-state index contributed by atoms with van der Waals surface area (Å²) in [6.45, 7) is 23.9. The van der Waals surface area contributed by atoms with Crippen molar-refractivity contribution in [2.45, 2.75) is 155 Å². The lowest BCUT2D eigenvalue weighted by Gasteiger charge is -2.73. The number of rotatable bonds is 10. The Morgan fingerprint density at radius 1 is 0.733 bits per heavy atom. The summed E-state index contributed by atoms with van der Waals surface area (Å²) < 4.78 is 34.8. The molecule has 7 aliphatic carbocycles. The number of carboxylic acid groups (broad SMARTS) is 1. The van der Waals surface area contributed by atoms with Crippen LogP contribution < -0.4 is 5.32 Å². The van der Waals surface area contributed by atoms with Gasteiger partial charge in [-0.15, -0.1) is 0 Å². The van der Waals surface area contributed by atoms with Gasteiger partial charge in [-0.05, 0) is 152 Å². The highest BCUT2D eigenvalue weighted by molar-refractivity contribution is 7.89. The first kappa shape index (κ1) is 43.3. The van der Waals surface area contributed by atoms with Gasteiger partial charge < -0.3 is 15.2 Å². The Labute approximate surface area is 362 Å². The molecule has 1 aliphatic heterocycles. The molecule has 8 fully saturated rings. The number of piperazine rings is 1. The first-order valence-corrected chi connectivity index (χ1v) is 25.5. The summed E-state index contributed by atoms with van der Waals surface area (Å²) in [6.07, 6.45) is 15.2. The van der Waals surface area contributed by atoms with Gasteiger partial charge in [0.2, 0.25) is 10.0 Å². The molecule has 2 N–H and O–H groups in total. The smallest absolute Gasteiger partial charge is 0.309 e. The molecule has 10 heteroatoms. The van der Waals surface area contributed by atoms with Crippen molar-refractivity contribution in [1.29, 1.82) is 0 Å². The van der Waals surface area contributed by atoms with E-state index in [2.05, 4.69) is 51.8 Å². The molecule has 334 valence electrons. The number of carbonyl (C=O) groups excluding carboxylic acids is 1. The summed E-state index contributed by atoms with van der Waals surface area (Å²) in [4.78, 5) is 28.4. The van der Waals surface area contributed by atoms with Crippen molar-refractivity contribution < 1.29 is 27.9 Å². The van der Waals surface area contributed by atoms with Gasteiger partial charge >= 0.3 is 11.9 Å². The van der Waals surface area contributed by atoms with Gasteiger partial charge in [0.25, 0.3) is 0 Å². The van der Waals surface area contributed by atoms with Crippen LogP contribution in [-0.4, -0.2) is 85.6 Å². The van der Waals surface area contributed by atoms with Crippen LogP contribution in [0.5, 0.6) is 0 Å². The first-order valence-electron chi connectivity index (χ1n) is 24.1. The quantitative estimate of drug-likeness (QED) is 0.225. The van der Waals surface area contributed by atoms with Gasteiger partial charge in [0.05, 0.1) is 16.7 Å². The Bertz CT molecular complexity index is 1940. The minimum Gasteiger partial charge on any atom is -0.481 e. The van der Waals surface area contributed by atoms with E-state index in [1.54, 1.807) is 28.6 Å². The minimum atomic E-state index is -3.46. The minimum absolute atomic E-state index is 0.134. The highest BCUT2D eigenvalue weighted by atomic mass is 32.2. The fourth-order valence-electron chi connectivity index (χ4n) is 16.8. The van der Waals surface area contributed by atoms with Crippen LogP contribution in [0, 0.1) is 73.9 Å². The Hall–Kier alpha value is -2.01. The molecule has 9 rings (SSSR count). The summed E-state index contributed by atoms with van der Waals surface area (Å²) in [5, 5.41) is 14.0. The van der Waals surface area contributed by atoms with E-state index >= 15 is 0 Å². The number of nitrogens with one attached hydrogen (secondary N) is 1. The normalized spacial score (nSPS) is 44.3. The van der Waals surface area contributed by atoms with Crippen molar-refractivity contribution >= 4 is 22.0 Å². The molecule has 0 unspecified atom stereocenters. The number of fused-ring (bicyclic) bond motifs is 7. The number of nitrogens with zero attached hydrogens (tertiary/aromatic N) is 2. The molecule has 0 amide bonds. The van der Waals surface area contributed by atoms with Gasteiger partial charge in [0, 0.05) is 50.2 Å². The topological polar surface area (TPSA) is 116 Å². The van der Waals surface area contributed by atoms with Crippen molar-refractivity contribution in [1.82, 2.24) is 14.5 Å². The lowest BCUT2D eigenvalue weighted by atomic mass is 9.32. The average molecular weight is 848 g/mol. The van der Waals surface area contributed by atoms with Crippen molar-refractivity contribution in [3.63, 3.8) is 0 Å². The van der Waals surface area contributed by atoms with Gasteiger partial charge in [0.1, 0.15) is 6.10 Å². The van der Waals surface area contributed by atoms with Gasteiger partial charge in [-0.2, -0.15) is 4.31 Å². The number of carboxylic acids is 1. The van der Waals surface area contributed by atoms with E-state index in [4.69, 9.17) is 4.74 Å². The predicted octanol–water partition coefficient (Wildman–Crippen LogP) is 8.88. The molecule has 60 heavy (non-hydrogen) atoms. The molecule has 1 aromatic rings. The SMILES string of the molecule is CC1([C@@H]2CC[C@]3(NCCN4CCN(S(=O)(=O)c5ccccc5)CC4)CC[C@]4(C)[C@H](CC[C@@H]5[C@@]6(C)CC[C@H](OC(=O)[C@H]7C[C@@H](C(=O)O)C7(C)C)C(C)(C)[C@@H]6CC[C@]54C)[C@@H]23)CC1. The first-order chi connectivity index (χ1) is 28.1. The van der Waals surface area contributed by atoms with Crippen LogP contribution in [0.3, 0.4) is 0 Å². The van der Waals surface area contributed by atoms with Crippen LogP contribution in [0.25, 0.3) is 0 Å². The van der Waals surface area contributed by atoms with E-state index in [0.717, 1.165) is 44.9 Å². The molecule has 8 aliphatic rings. The summed E-state index contributed by atoms with van der Waals surface area (Å²) in [5.74, 6) is 1.49. The highest BCUT2D eigenvalue weighted by Crippen LogP contribution is 2.78. The van der Waals surface area contributed by atoms with Gasteiger partial charge in [-0.25, -0.2) is 8.42 Å². The highest BCUT2D eigenvalue weighted by Gasteiger charge is 2.72. The Morgan fingerprint density at radius 2 is 1.43 bits per heavy atom. The summed E-state index contributed by atoms with van der Waals surface area (Å²) in [5.41, 5.74) is 0.666. The van der Waals surface area contributed by atoms with Crippen LogP contribution in [0.15, 0.2) is 35.2 Å². The van der Waals surface area contributed by atoms with E-state index in [1.165, 1.54) is 64.2 Å². The summed E-state index contributed by atoms with van der Waals surface area (Å²) in [7, 11) is -3.46. The number of sulfonamides is 1. The summed E-state index contributed by atoms with van der Waals surface area (Å²) >= 11 is 0. The second kappa shape index (κ2) is 14.5. The van der Waals surface area contributed by atoms with Gasteiger partial charge in [-0.1, -0.05) is 73.6 Å². The zero-order valence-electron chi connectivity index (χ0n) is 38.2. The van der Waals surface area contributed by atoms with E-state index < -0.39 is 27.3 Å². The van der Waals surface area contributed by atoms with Crippen molar-refractivity contribution in [2.75, 3.05) is 39.3 Å². The molecule has 0 aromatic heterocycles. The lowest BCUT2D eigenvalue weighted by Crippen LogP contribution is -2.69. The van der Waals surface area contributed by atoms with Gasteiger partial charge in [-0.3, -0.25) is 14.5 Å². The second-order valence-corrected chi connectivity index (χ2v) is 25.9. The molecular weight excluding hydrogens is 771 g/mol. The third-order valence-electron chi connectivity index (χ3n) is 21.0. The number of benzene rings is 1. The van der Waals surface area contributed by atoms with Crippen LogP contribution >= 0.6 is 0 Å². The molecular formula is C50H77N3O6S. The number of esters is 1. The number of ether oxygens (including phenoxy) is 1. The third-order valence-corrected chi connectivity index (χ3v) is 22.9. The zero-order valence-corrected chi connectivity index (χ0v) is 39.0. The van der Waals surface area contributed by atoms with Crippen molar-refractivity contribution in [2.24, 2.45) is 73.9 Å². The van der Waals surface area contributed by atoms with Crippen LogP contribution in [0.4, 0.5) is 0 Å². The molecule has 12 atom stereocenters. The molecule has 9 nitrogen and oxygen atoms in total. The molecule has 0 spiro atoms. The second-order valence-electron chi connectivity index (χ2n) is 23.9. The molecule has 1 saturated heterocycles. The monoisotopic (exact) mass is 848 g/mol. The van der Waals surface area contributed by atoms with Crippen LogP contribution in [0.2, 0.25) is 0 Å². The zero-order chi connectivity index (χ0) is 42.9. The number of carbonyl (C=O) groups is 2. The van der Waals surface area contributed by atoms with Crippen LogP contribution in [0.1, 0.15) is 139 Å². The maximum Gasteiger partial charge on any atom is 0.309 e. The Kier molecular flexibility index (Phi) is 10.5. The maximum absolute atomic E-state index is 13.7. The fraction of sp³-hybridized carbons (Fsp3) is 0.840. The van der Waals surface area contributed by atoms with Crippen molar-refractivity contribution in [3.05, 3.63) is 30.3 Å². The predicted molar refractivity (Wildman–Crippen MR) is 234 cm³/mol. The van der Waals surface area contributed by atoms with E-state index in [-0.39, 0.29) is 45.2 Å². The molecule has 1 aromatic carbocycles. The summed E-state index contributed by atoms with van der Waals surface area (Å²) in [6, 6.07) is 8.88. The van der Waals surface area contributed by atoms with Crippen molar-refractivity contribution in [3.8, 4) is 0 Å². The number of aliphatic carboxylic acids is 1. The fourth-order valence-corrected chi connectivity index (χ4v) is 18.2. The molecule has 7 saturated carbocycles. The third kappa shape index (κ3) is 6.37. The molecule has 0 bridgehead atoms. The Morgan fingerprint density at radius 3 is 2.08 bits per heavy atom. The Balaban J connectivity index is 0.885. The maximum atomic E-state index is 13.7. The largest absolute Gasteiger partial charge is 0.481 e.